The summed E-state index contributed by atoms with van der Waals surface area (Å²) in [5.41, 5.74) is 1.79. The van der Waals surface area contributed by atoms with Crippen molar-refractivity contribution in [2.75, 3.05) is 0 Å². The average Bonchev–Trinajstić information content (AvgIpc) is 2.61. The van der Waals surface area contributed by atoms with Crippen LogP contribution in [-0.4, -0.2) is 6.29 Å². The lowest BCUT2D eigenvalue weighted by atomic mass is 9.84. The van der Waals surface area contributed by atoms with E-state index in [1.807, 2.05) is 0 Å². The van der Waals surface area contributed by atoms with Gasteiger partial charge >= 0.3 is 0 Å². The van der Waals surface area contributed by atoms with Crippen LogP contribution in [0.1, 0.15) is 53.9 Å². The molecule has 1 saturated carbocycles. The third kappa shape index (κ3) is 1.78. The summed E-state index contributed by atoms with van der Waals surface area (Å²) < 4.78 is 5.97. The maximum Gasteiger partial charge on any atom is 0.173 e. The van der Waals surface area contributed by atoms with Crippen LogP contribution < -0.4 is 0 Å². The molecule has 0 saturated heterocycles. The van der Waals surface area contributed by atoms with Gasteiger partial charge in [-0.15, -0.1) is 0 Å². The normalized spacial score (nSPS) is 18.4. The number of hydrogen-bond donors (Lipinski definition) is 0. The van der Waals surface area contributed by atoms with Gasteiger partial charge < -0.3 is 4.42 Å². The predicted octanol–water partition coefficient (Wildman–Crippen LogP) is 3.90. The zero-order chi connectivity index (χ0) is 9.97. The highest BCUT2D eigenvalue weighted by Gasteiger charge is 2.23. The Labute approximate surface area is 91.8 Å². The molecular formula is C11H13BrO2. The number of aldehydes is 1. The molecule has 0 spiro atoms. The van der Waals surface area contributed by atoms with Crippen LogP contribution in [-0.2, 0) is 0 Å². The van der Waals surface area contributed by atoms with E-state index in [4.69, 9.17) is 4.42 Å². The summed E-state index contributed by atoms with van der Waals surface area (Å²) in [6, 6.07) is 0. The van der Waals surface area contributed by atoms with Gasteiger partial charge in [0, 0.05) is 5.56 Å². The van der Waals surface area contributed by atoms with Crippen LogP contribution in [0.15, 0.2) is 15.3 Å². The lowest BCUT2D eigenvalue weighted by Crippen LogP contribution is -2.06. The zero-order valence-electron chi connectivity index (χ0n) is 7.96. The maximum atomic E-state index is 10.8. The van der Waals surface area contributed by atoms with Gasteiger partial charge in [0.25, 0.3) is 0 Å². The van der Waals surface area contributed by atoms with Gasteiger partial charge in [-0.2, -0.15) is 0 Å². The van der Waals surface area contributed by atoms with Gasteiger partial charge in [0.15, 0.2) is 11.0 Å². The fourth-order valence-corrected chi connectivity index (χ4v) is 2.88. The highest BCUT2D eigenvalue weighted by Crippen LogP contribution is 2.38. The molecule has 0 aromatic carbocycles. The average molecular weight is 257 g/mol. The zero-order valence-corrected chi connectivity index (χ0v) is 9.55. The lowest BCUT2D eigenvalue weighted by Gasteiger charge is -2.21. The third-order valence-corrected chi connectivity index (χ3v) is 3.57. The summed E-state index contributed by atoms with van der Waals surface area (Å²) in [5.74, 6) is 0.511. The SMILES string of the molecule is O=Cc1coc(Br)c1C1CCCCC1. The molecule has 14 heavy (non-hydrogen) atoms. The van der Waals surface area contributed by atoms with Gasteiger partial charge in [0.05, 0.1) is 5.56 Å². The smallest absolute Gasteiger partial charge is 0.173 e. The van der Waals surface area contributed by atoms with Gasteiger partial charge in [-0.3, -0.25) is 4.79 Å². The van der Waals surface area contributed by atoms with Crippen molar-refractivity contribution >= 4 is 22.2 Å². The minimum absolute atomic E-state index is 0.511. The molecular weight excluding hydrogens is 244 g/mol. The summed E-state index contributed by atoms with van der Waals surface area (Å²) in [6.07, 6.45) is 8.64. The van der Waals surface area contributed by atoms with Crippen LogP contribution in [0.4, 0.5) is 0 Å². The monoisotopic (exact) mass is 256 g/mol. The number of halogens is 1. The van der Waals surface area contributed by atoms with Crippen LogP contribution in [0.25, 0.3) is 0 Å². The molecule has 0 unspecified atom stereocenters. The minimum Gasteiger partial charge on any atom is -0.457 e. The van der Waals surface area contributed by atoms with Crippen LogP contribution >= 0.6 is 15.9 Å². The third-order valence-electron chi connectivity index (χ3n) is 2.95. The van der Waals surface area contributed by atoms with E-state index < -0.39 is 0 Å². The number of rotatable bonds is 2. The first-order valence-corrected chi connectivity index (χ1v) is 5.84. The molecule has 2 rings (SSSR count). The Kier molecular flexibility index (Phi) is 3.06. The number of hydrogen-bond acceptors (Lipinski definition) is 2. The molecule has 0 aliphatic heterocycles. The van der Waals surface area contributed by atoms with Crippen LogP contribution in [0, 0.1) is 0 Å². The Bertz CT molecular complexity index is 324. The second kappa shape index (κ2) is 4.30. The summed E-state index contributed by atoms with van der Waals surface area (Å²) in [5, 5.41) is 0. The Morgan fingerprint density at radius 1 is 1.36 bits per heavy atom. The minimum atomic E-state index is 0.511. The molecule has 1 aliphatic rings. The van der Waals surface area contributed by atoms with Crippen LogP contribution in [0.5, 0.6) is 0 Å². The fourth-order valence-electron chi connectivity index (χ4n) is 2.23. The van der Waals surface area contributed by atoms with E-state index in [0.717, 1.165) is 16.5 Å². The molecule has 1 aliphatic carbocycles. The van der Waals surface area contributed by atoms with E-state index in [2.05, 4.69) is 15.9 Å². The molecule has 0 bridgehead atoms. The summed E-state index contributed by atoms with van der Waals surface area (Å²) in [4.78, 5) is 10.8. The predicted molar refractivity (Wildman–Crippen MR) is 57.6 cm³/mol. The second-order valence-electron chi connectivity index (χ2n) is 3.83. The van der Waals surface area contributed by atoms with Gasteiger partial charge in [0.1, 0.15) is 6.26 Å². The first-order chi connectivity index (χ1) is 6.83. The summed E-state index contributed by atoms with van der Waals surface area (Å²) in [6.45, 7) is 0. The quantitative estimate of drug-likeness (QED) is 0.752. The first kappa shape index (κ1) is 9.97. The van der Waals surface area contributed by atoms with Crippen molar-refractivity contribution in [2.45, 2.75) is 38.0 Å². The Morgan fingerprint density at radius 2 is 2.07 bits per heavy atom. The molecule has 2 nitrogen and oxygen atoms in total. The summed E-state index contributed by atoms with van der Waals surface area (Å²) in [7, 11) is 0. The standard InChI is InChI=1S/C11H13BrO2/c12-11-10(9(6-13)7-14-11)8-4-2-1-3-5-8/h6-8H,1-5H2. The van der Waals surface area contributed by atoms with Crippen molar-refractivity contribution in [2.24, 2.45) is 0 Å². The number of carbonyl (C=O) groups excluding carboxylic acids is 1. The van der Waals surface area contributed by atoms with Gasteiger partial charge in [0.2, 0.25) is 0 Å². The number of furan rings is 1. The van der Waals surface area contributed by atoms with Crippen LogP contribution in [0.2, 0.25) is 0 Å². The molecule has 0 atom stereocenters. The molecule has 76 valence electrons. The topological polar surface area (TPSA) is 30.2 Å². The van der Waals surface area contributed by atoms with Crippen molar-refractivity contribution in [3.63, 3.8) is 0 Å². The van der Waals surface area contributed by atoms with Crippen molar-refractivity contribution < 1.29 is 9.21 Å². The highest BCUT2D eigenvalue weighted by atomic mass is 79.9. The van der Waals surface area contributed by atoms with Crippen molar-refractivity contribution in [3.8, 4) is 0 Å². The van der Waals surface area contributed by atoms with Crippen molar-refractivity contribution in [3.05, 3.63) is 22.1 Å². The highest BCUT2D eigenvalue weighted by molar-refractivity contribution is 9.10. The lowest BCUT2D eigenvalue weighted by molar-refractivity contribution is 0.112. The van der Waals surface area contributed by atoms with Gasteiger partial charge in [-0.1, -0.05) is 19.3 Å². The van der Waals surface area contributed by atoms with Crippen molar-refractivity contribution in [1.29, 1.82) is 0 Å². The van der Waals surface area contributed by atoms with E-state index >= 15 is 0 Å². The largest absolute Gasteiger partial charge is 0.457 e. The second-order valence-corrected chi connectivity index (χ2v) is 4.55. The molecule has 3 heteroatoms. The van der Waals surface area contributed by atoms with Gasteiger partial charge in [-0.25, -0.2) is 0 Å². The molecule has 0 amide bonds. The van der Waals surface area contributed by atoms with E-state index in [-0.39, 0.29) is 0 Å². The molecule has 1 fully saturated rings. The molecule has 1 aromatic rings. The number of carbonyl (C=O) groups is 1. The van der Waals surface area contributed by atoms with E-state index in [1.54, 1.807) is 6.26 Å². The molecule has 1 heterocycles. The molecule has 0 N–H and O–H groups in total. The molecule has 0 radical (unpaired) electrons. The first-order valence-electron chi connectivity index (χ1n) is 5.05. The van der Waals surface area contributed by atoms with Crippen molar-refractivity contribution in [1.82, 2.24) is 0 Å². The Balaban J connectivity index is 2.28. The maximum absolute atomic E-state index is 10.8. The summed E-state index contributed by atoms with van der Waals surface area (Å²) >= 11 is 3.37. The Morgan fingerprint density at radius 3 is 2.71 bits per heavy atom. The van der Waals surface area contributed by atoms with Gasteiger partial charge in [-0.05, 0) is 34.7 Å². The molecule has 1 aromatic heterocycles. The van der Waals surface area contributed by atoms with E-state index in [1.165, 1.54) is 32.1 Å². The Hall–Kier alpha value is -0.570. The fraction of sp³-hybridized carbons (Fsp3) is 0.545. The van der Waals surface area contributed by atoms with Crippen LogP contribution in [0.3, 0.4) is 0 Å². The van der Waals surface area contributed by atoms with E-state index in [0.29, 0.717) is 11.5 Å². The van der Waals surface area contributed by atoms with E-state index in [9.17, 15) is 4.79 Å².